The highest BCUT2D eigenvalue weighted by Crippen LogP contribution is 2.03. The number of hydrogen-bond donors (Lipinski definition) is 3. The number of nitrogens with zero attached hydrogens (tertiary/aromatic N) is 2. The first-order valence-electron chi connectivity index (χ1n) is 3.88. The molecule has 0 saturated heterocycles. The van der Waals surface area contributed by atoms with E-state index in [0.29, 0.717) is 5.82 Å². The Labute approximate surface area is 80.1 Å². The van der Waals surface area contributed by atoms with E-state index in [0.717, 1.165) is 5.69 Å². The van der Waals surface area contributed by atoms with Crippen molar-refractivity contribution in [3.63, 3.8) is 0 Å². The molecule has 0 fully saturated rings. The maximum absolute atomic E-state index is 11.1. The van der Waals surface area contributed by atoms with Crippen molar-refractivity contribution in [1.29, 1.82) is 0 Å². The molecule has 7 nitrogen and oxygen atoms in total. The molecule has 5 N–H and O–H groups in total. The third kappa shape index (κ3) is 2.47. The molecule has 0 atom stereocenters. The van der Waals surface area contributed by atoms with E-state index in [2.05, 4.69) is 5.10 Å². The minimum atomic E-state index is -0.882. The van der Waals surface area contributed by atoms with Crippen LogP contribution in [0.5, 0.6) is 0 Å². The molecule has 0 bridgehead atoms. The molecule has 3 amide bonds. The SMILES string of the molecule is Cc1cc(N)nn1CC(=O)NC(N)=O. The number of aryl methyl sites for hydroxylation is 1. The molecular formula is C7H11N5O2. The second kappa shape index (κ2) is 3.77. The van der Waals surface area contributed by atoms with Gasteiger partial charge in [0, 0.05) is 11.8 Å². The van der Waals surface area contributed by atoms with Crippen molar-refractivity contribution in [1.82, 2.24) is 15.1 Å². The fourth-order valence-corrected chi connectivity index (χ4v) is 1.01. The van der Waals surface area contributed by atoms with E-state index in [4.69, 9.17) is 11.5 Å². The van der Waals surface area contributed by atoms with E-state index in [1.54, 1.807) is 13.0 Å². The second-order valence-electron chi connectivity index (χ2n) is 2.78. The summed E-state index contributed by atoms with van der Waals surface area (Å²) in [4.78, 5) is 21.4. The zero-order valence-electron chi connectivity index (χ0n) is 7.65. The van der Waals surface area contributed by atoms with Gasteiger partial charge in [-0.2, -0.15) is 5.10 Å². The predicted molar refractivity (Wildman–Crippen MR) is 49.1 cm³/mol. The highest BCUT2D eigenvalue weighted by Gasteiger charge is 2.08. The summed E-state index contributed by atoms with van der Waals surface area (Å²) in [6, 6.07) is 0.741. The van der Waals surface area contributed by atoms with Gasteiger partial charge in [0.1, 0.15) is 12.4 Å². The lowest BCUT2D eigenvalue weighted by Gasteiger charge is -2.02. The molecule has 0 unspecified atom stereocenters. The van der Waals surface area contributed by atoms with Crippen molar-refractivity contribution >= 4 is 17.8 Å². The average Bonchev–Trinajstić information content (AvgIpc) is 2.28. The number of nitrogens with one attached hydrogen (secondary N) is 1. The smallest absolute Gasteiger partial charge is 0.318 e. The van der Waals surface area contributed by atoms with Gasteiger partial charge in [0.2, 0.25) is 5.91 Å². The first kappa shape index (κ1) is 10.0. The van der Waals surface area contributed by atoms with E-state index in [9.17, 15) is 9.59 Å². The summed E-state index contributed by atoms with van der Waals surface area (Å²) in [7, 11) is 0. The highest BCUT2D eigenvalue weighted by molar-refractivity contribution is 5.93. The van der Waals surface area contributed by atoms with Crippen LogP contribution in [0.25, 0.3) is 0 Å². The number of aromatic nitrogens is 2. The lowest BCUT2D eigenvalue weighted by atomic mass is 10.4. The number of carbonyl (C=O) groups is 2. The maximum atomic E-state index is 11.1. The van der Waals surface area contributed by atoms with Crippen molar-refractivity contribution < 1.29 is 9.59 Å². The van der Waals surface area contributed by atoms with E-state index >= 15 is 0 Å². The summed E-state index contributed by atoms with van der Waals surface area (Å²) in [6.07, 6.45) is 0. The lowest BCUT2D eigenvalue weighted by Crippen LogP contribution is -2.37. The van der Waals surface area contributed by atoms with E-state index in [-0.39, 0.29) is 6.54 Å². The molecule has 0 aliphatic rings. The van der Waals surface area contributed by atoms with Crippen LogP contribution in [-0.4, -0.2) is 21.7 Å². The summed E-state index contributed by atoms with van der Waals surface area (Å²) >= 11 is 0. The van der Waals surface area contributed by atoms with Crippen LogP contribution in [0.15, 0.2) is 6.07 Å². The van der Waals surface area contributed by atoms with Gasteiger partial charge in [0.15, 0.2) is 0 Å². The number of carbonyl (C=O) groups excluding carboxylic acids is 2. The molecular weight excluding hydrogens is 186 g/mol. The number of hydrogen-bond acceptors (Lipinski definition) is 4. The van der Waals surface area contributed by atoms with Crippen LogP contribution in [0, 0.1) is 6.92 Å². The van der Waals surface area contributed by atoms with Gasteiger partial charge < -0.3 is 11.5 Å². The van der Waals surface area contributed by atoms with Gasteiger partial charge in [-0.15, -0.1) is 0 Å². The lowest BCUT2D eigenvalue weighted by molar-refractivity contribution is -0.120. The summed E-state index contributed by atoms with van der Waals surface area (Å²) in [5, 5.41) is 5.76. The zero-order valence-corrected chi connectivity index (χ0v) is 7.65. The fourth-order valence-electron chi connectivity index (χ4n) is 1.01. The van der Waals surface area contributed by atoms with Gasteiger partial charge in [-0.05, 0) is 6.92 Å². The number of amides is 3. The first-order valence-corrected chi connectivity index (χ1v) is 3.88. The average molecular weight is 197 g/mol. The van der Waals surface area contributed by atoms with Crippen LogP contribution in [0.1, 0.15) is 5.69 Å². The van der Waals surface area contributed by atoms with E-state index in [1.807, 2.05) is 5.32 Å². The van der Waals surface area contributed by atoms with Crippen LogP contribution in [0.3, 0.4) is 0 Å². The Hall–Kier alpha value is -2.05. The van der Waals surface area contributed by atoms with Gasteiger partial charge in [-0.3, -0.25) is 14.8 Å². The highest BCUT2D eigenvalue weighted by atomic mass is 16.2. The fraction of sp³-hybridized carbons (Fsp3) is 0.286. The molecule has 0 aliphatic heterocycles. The molecule has 14 heavy (non-hydrogen) atoms. The molecule has 0 spiro atoms. The number of nitrogens with two attached hydrogens (primary N) is 2. The Bertz CT molecular complexity index is 370. The van der Waals surface area contributed by atoms with Gasteiger partial charge in [-0.25, -0.2) is 4.79 Å². The van der Waals surface area contributed by atoms with Crippen molar-refractivity contribution in [3.8, 4) is 0 Å². The summed E-state index contributed by atoms with van der Waals surface area (Å²) in [5.74, 6) is -0.196. The second-order valence-corrected chi connectivity index (χ2v) is 2.78. The quantitative estimate of drug-likeness (QED) is 0.562. The Morgan fingerprint density at radius 2 is 2.29 bits per heavy atom. The van der Waals surface area contributed by atoms with Gasteiger partial charge in [-0.1, -0.05) is 0 Å². The molecule has 76 valence electrons. The Morgan fingerprint density at radius 3 is 2.71 bits per heavy atom. The number of primary amides is 1. The number of urea groups is 1. The van der Waals surface area contributed by atoms with Crippen LogP contribution < -0.4 is 16.8 Å². The van der Waals surface area contributed by atoms with Crippen LogP contribution >= 0.6 is 0 Å². The van der Waals surface area contributed by atoms with Crippen molar-refractivity contribution in [2.45, 2.75) is 13.5 Å². The molecule has 7 heteroatoms. The van der Waals surface area contributed by atoms with Gasteiger partial charge in [0.05, 0.1) is 0 Å². The molecule has 0 aromatic carbocycles. The van der Waals surface area contributed by atoms with Crippen molar-refractivity contribution in [3.05, 3.63) is 11.8 Å². The molecule has 1 rings (SSSR count). The Morgan fingerprint density at radius 1 is 1.64 bits per heavy atom. The Balaban J connectivity index is 2.64. The molecule has 0 aliphatic carbocycles. The zero-order chi connectivity index (χ0) is 10.7. The van der Waals surface area contributed by atoms with Gasteiger partial charge in [0.25, 0.3) is 0 Å². The third-order valence-corrected chi connectivity index (χ3v) is 1.56. The normalized spacial score (nSPS) is 9.79. The number of nitrogen functional groups attached to an aromatic ring is 1. The largest absolute Gasteiger partial charge is 0.382 e. The topological polar surface area (TPSA) is 116 Å². The molecule has 1 heterocycles. The van der Waals surface area contributed by atoms with Gasteiger partial charge >= 0.3 is 6.03 Å². The minimum Gasteiger partial charge on any atom is -0.382 e. The van der Waals surface area contributed by atoms with Crippen LogP contribution in [-0.2, 0) is 11.3 Å². The van der Waals surface area contributed by atoms with E-state index < -0.39 is 11.9 Å². The summed E-state index contributed by atoms with van der Waals surface area (Å²) in [5.41, 5.74) is 10.9. The number of rotatable bonds is 2. The summed E-state index contributed by atoms with van der Waals surface area (Å²) < 4.78 is 1.38. The molecule has 1 aromatic rings. The standard InChI is InChI=1S/C7H11N5O2/c1-4-2-5(8)11-12(4)3-6(13)10-7(9)14/h2H,3H2,1H3,(H2,8,11)(H3,9,10,13,14). The Kier molecular flexibility index (Phi) is 2.70. The first-order chi connectivity index (χ1) is 6.49. The molecule has 1 aromatic heterocycles. The maximum Gasteiger partial charge on any atom is 0.318 e. The predicted octanol–water partition coefficient (Wildman–Crippen LogP) is -1.03. The van der Waals surface area contributed by atoms with Crippen LogP contribution in [0.4, 0.5) is 10.6 Å². The van der Waals surface area contributed by atoms with Crippen LogP contribution in [0.2, 0.25) is 0 Å². The third-order valence-electron chi connectivity index (χ3n) is 1.56. The monoisotopic (exact) mass is 197 g/mol. The number of imide groups is 1. The van der Waals surface area contributed by atoms with Crippen molar-refractivity contribution in [2.75, 3.05) is 5.73 Å². The van der Waals surface area contributed by atoms with Crippen molar-refractivity contribution in [2.24, 2.45) is 5.73 Å². The number of anilines is 1. The summed E-state index contributed by atoms with van der Waals surface area (Å²) in [6.45, 7) is 1.67. The van der Waals surface area contributed by atoms with E-state index in [1.165, 1.54) is 4.68 Å². The minimum absolute atomic E-state index is 0.0774. The molecule has 0 radical (unpaired) electrons. The molecule has 0 saturated carbocycles.